The lowest BCUT2D eigenvalue weighted by Crippen LogP contribution is -2.31. The van der Waals surface area contributed by atoms with Crippen molar-refractivity contribution in [3.05, 3.63) is 46.7 Å². The van der Waals surface area contributed by atoms with Gasteiger partial charge in [0.05, 0.1) is 12.1 Å². The maximum Gasteiger partial charge on any atom is 0.335 e. The topological polar surface area (TPSA) is 96.3 Å². The van der Waals surface area contributed by atoms with Gasteiger partial charge in [0, 0.05) is 29.1 Å². The Morgan fingerprint density at radius 1 is 1.33 bits per heavy atom. The van der Waals surface area contributed by atoms with E-state index < -0.39 is 12.0 Å². The summed E-state index contributed by atoms with van der Waals surface area (Å²) >= 11 is 3.20. The van der Waals surface area contributed by atoms with Gasteiger partial charge in [0.2, 0.25) is 0 Å². The van der Waals surface area contributed by atoms with Crippen LogP contribution in [0.25, 0.3) is 0 Å². The highest BCUT2D eigenvalue weighted by Gasteiger charge is 2.08. The molecule has 0 unspecified atom stereocenters. The average molecular weight is 353 g/mol. The van der Waals surface area contributed by atoms with Crippen LogP contribution in [-0.2, 0) is 6.54 Å². The highest BCUT2D eigenvalue weighted by atomic mass is 79.9. The molecule has 2 amide bonds. The number of carboxylic acid groups (broad SMARTS) is 1. The van der Waals surface area contributed by atoms with E-state index >= 15 is 0 Å². The van der Waals surface area contributed by atoms with Crippen LogP contribution in [0.15, 0.2) is 41.1 Å². The summed E-state index contributed by atoms with van der Waals surface area (Å²) in [6.45, 7) is 0.965. The predicted octanol–water partition coefficient (Wildman–Crippen LogP) is 2.17. The third-order valence-electron chi connectivity index (χ3n) is 2.59. The zero-order valence-corrected chi connectivity index (χ0v) is 12.5. The highest BCUT2D eigenvalue weighted by Crippen LogP contribution is 2.19. The largest absolute Gasteiger partial charge is 0.478 e. The number of amides is 2. The molecule has 2 rings (SSSR count). The molecule has 0 saturated heterocycles. The van der Waals surface area contributed by atoms with Crippen LogP contribution in [0.1, 0.15) is 10.4 Å². The predicted molar refractivity (Wildman–Crippen MR) is 80.3 cm³/mol. The smallest absolute Gasteiger partial charge is 0.335 e. The lowest BCUT2D eigenvalue weighted by atomic mass is 10.2. The van der Waals surface area contributed by atoms with Gasteiger partial charge in [0.1, 0.15) is 0 Å². The molecule has 1 aromatic heterocycles. The second-order valence-corrected chi connectivity index (χ2v) is 5.10. The summed E-state index contributed by atoms with van der Waals surface area (Å²) in [6, 6.07) is 5.87. The van der Waals surface area contributed by atoms with Crippen molar-refractivity contribution in [3.63, 3.8) is 0 Å². The molecule has 0 saturated carbocycles. The number of hydrogen-bond donors (Lipinski definition) is 3. The van der Waals surface area contributed by atoms with Crippen LogP contribution < -0.4 is 10.6 Å². The summed E-state index contributed by atoms with van der Waals surface area (Å²) in [5, 5.41) is 18.2. The zero-order valence-electron chi connectivity index (χ0n) is 10.9. The molecule has 8 heteroatoms. The molecule has 0 spiro atoms. The number of carbonyl (C=O) groups is 2. The molecule has 0 atom stereocenters. The van der Waals surface area contributed by atoms with E-state index in [9.17, 15) is 9.59 Å². The lowest BCUT2D eigenvalue weighted by Gasteiger charge is -2.09. The number of nitrogens with zero attached hydrogens (tertiary/aromatic N) is 2. The summed E-state index contributed by atoms with van der Waals surface area (Å²) in [5.74, 6) is -1.06. The average Bonchev–Trinajstić information content (AvgIpc) is 2.91. The molecule has 0 aliphatic rings. The van der Waals surface area contributed by atoms with Crippen LogP contribution in [-0.4, -0.2) is 33.4 Å². The number of anilines is 1. The molecule has 0 aliphatic heterocycles. The van der Waals surface area contributed by atoms with Gasteiger partial charge in [-0.25, -0.2) is 9.59 Å². The van der Waals surface area contributed by atoms with Crippen LogP contribution >= 0.6 is 15.9 Å². The Morgan fingerprint density at radius 2 is 2.14 bits per heavy atom. The monoisotopic (exact) mass is 352 g/mol. The number of rotatable bonds is 5. The molecule has 0 radical (unpaired) electrons. The van der Waals surface area contributed by atoms with E-state index in [1.165, 1.54) is 12.1 Å². The first-order valence-corrected chi connectivity index (χ1v) is 6.90. The Balaban J connectivity index is 1.88. The normalized spacial score (nSPS) is 10.1. The fraction of sp³-hybridized carbons (Fsp3) is 0.154. The number of aromatic nitrogens is 2. The molecule has 110 valence electrons. The van der Waals surface area contributed by atoms with Crippen molar-refractivity contribution in [3.8, 4) is 0 Å². The van der Waals surface area contributed by atoms with Crippen molar-refractivity contribution in [2.75, 3.05) is 11.9 Å². The molecule has 0 bridgehead atoms. The van der Waals surface area contributed by atoms with Gasteiger partial charge in [-0.3, -0.25) is 4.68 Å². The molecule has 21 heavy (non-hydrogen) atoms. The van der Waals surface area contributed by atoms with Crippen molar-refractivity contribution >= 4 is 33.6 Å². The molecule has 1 aromatic carbocycles. The first-order chi connectivity index (χ1) is 10.0. The Hall–Kier alpha value is -2.35. The van der Waals surface area contributed by atoms with Crippen LogP contribution in [0.5, 0.6) is 0 Å². The van der Waals surface area contributed by atoms with Crippen molar-refractivity contribution in [1.29, 1.82) is 0 Å². The first-order valence-electron chi connectivity index (χ1n) is 6.11. The summed E-state index contributed by atoms with van der Waals surface area (Å²) in [6.07, 6.45) is 3.46. The van der Waals surface area contributed by atoms with Gasteiger partial charge in [-0.15, -0.1) is 0 Å². The molecule has 0 aliphatic carbocycles. The molecule has 3 N–H and O–H groups in total. The third kappa shape index (κ3) is 4.60. The number of halogens is 1. The maximum absolute atomic E-state index is 11.7. The number of benzene rings is 1. The number of carboxylic acids is 1. The van der Waals surface area contributed by atoms with Gasteiger partial charge in [0.25, 0.3) is 0 Å². The van der Waals surface area contributed by atoms with E-state index in [4.69, 9.17) is 5.11 Å². The number of nitrogens with one attached hydrogen (secondary N) is 2. The van der Waals surface area contributed by atoms with Gasteiger partial charge < -0.3 is 15.7 Å². The van der Waals surface area contributed by atoms with E-state index in [1.807, 2.05) is 0 Å². The van der Waals surface area contributed by atoms with Crippen molar-refractivity contribution in [2.24, 2.45) is 0 Å². The van der Waals surface area contributed by atoms with E-state index in [0.717, 1.165) is 0 Å². The lowest BCUT2D eigenvalue weighted by molar-refractivity contribution is 0.0697. The third-order valence-corrected chi connectivity index (χ3v) is 3.05. The molecule has 7 nitrogen and oxygen atoms in total. The van der Waals surface area contributed by atoms with Crippen LogP contribution in [0, 0.1) is 0 Å². The Morgan fingerprint density at radius 3 is 2.81 bits per heavy atom. The van der Waals surface area contributed by atoms with E-state index in [-0.39, 0.29) is 5.56 Å². The second kappa shape index (κ2) is 6.89. The Bertz CT molecular complexity index is 643. The summed E-state index contributed by atoms with van der Waals surface area (Å²) in [4.78, 5) is 22.7. The van der Waals surface area contributed by atoms with Crippen LogP contribution in [0.4, 0.5) is 10.5 Å². The first kappa shape index (κ1) is 15.0. The van der Waals surface area contributed by atoms with Crippen molar-refractivity contribution in [1.82, 2.24) is 15.1 Å². The van der Waals surface area contributed by atoms with Gasteiger partial charge in [-0.1, -0.05) is 15.9 Å². The Labute approximate surface area is 129 Å². The number of hydrogen-bond acceptors (Lipinski definition) is 3. The van der Waals surface area contributed by atoms with Gasteiger partial charge >= 0.3 is 12.0 Å². The quantitative estimate of drug-likeness (QED) is 0.768. The van der Waals surface area contributed by atoms with Crippen LogP contribution in [0.2, 0.25) is 0 Å². The van der Waals surface area contributed by atoms with E-state index in [1.54, 1.807) is 29.2 Å². The van der Waals surface area contributed by atoms with Crippen LogP contribution in [0.3, 0.4) is 0 Å². The summed E-state index contributed by atoms with van der Waals surface area (Å²) in [7, 11) is 0. The fourth-order valence-corrected chi connectivity index (χ4v) is 2.17. The van der Waals surface area contributed by atoms with Gasteiger partial charge in [-0.05, 0) is 24.3 Å². The van der Waals surface area contributed by atoms with Gasteiger partial charge in [0.15, 0.2) is 0 Å². The van der Waals surface area contributed by atoms with E-state index in [0.29, 0.717) is 23.2 Å². The highest BCUT2D eigenvalue weighted by molar-refractivity contribution is 9.10. The standard InChI is InChI=1S/C13H13BrN4O3/c14-10-6-9(12(19)20)7-11(8-10)17-13(21)15-3-5-18-4-1-2-16-18/h1-2,4,6-8H,3,5H2,(H,19,20)(H2,15,17,21). The maximum atomic E-state index is 11.7. The molecular formula is C13H13BrN4O3. The molecule has 2 aromatic rings. The van der Waals surface area contributed by atoms with Crippen molar-refractivity contribution < 1.29 is 14.7 Å². The molecule has 1 heterocycles. The summed E-state index contributed by atoms with van der Waals surface area (Å²) in [5.41, 5.74) is 0.495. The summed E-state index contributed by atoms with van der Waals surface area (Å²) < 4.78 is 2.27. The number of urea groups is 1. The van der Waals surface area contributed by atoms with E-state index in [2.05, 4.69) is 31.7 Å². The Kier molecular flexibility index (Phi) is 4.94. The minimum absolute atomic E-state index is 0.0937. The van der Waals surface area contributed by atoms with Crippen molar-refractivity contribution in [2.45, 2.75) is 6.54 Å². The number of aromatic carboxylic acids is 1. The zero-order chi connectivity index (χ0) is 15.2. The fourth-order valence-electron chi connectivity index (χ4n) is 1.68. The minimum Gasteiger partial charge on any atom is -0.478 e. The molecular weight excluding hydrogens is 340 g/mol. The van der Waals surface area contributed by atoms with Gasteiger partial charge in [-0.2, -0.15) is 5.10 Å². The second-order valence-electron chi connectivity index (χ2n) is 4.18. The number of carbonyl (C=O) groups excluding carboxylic acids is 1. The molecule has 0 fully saturated rings. The minimum atomic E-state index is -1.06. The SMILES string of the molecule is O=C(NCCn1cccn1)Nc1cc(Br)cc(C(=O)O)c1.